The Labute approximate surface area is 213 Å². The number of hydrogen-bond acceptors (Lipinski definition) is 5. The van der Waals surface area contributed by atoms with Gasteiger partial charge in [-0.15, -0.1) is 0 Å². The Morgan fingerprint density at radius 2 is 1.69 bits per heavy atom. The number of ether oxygens (including phenoxy) is 1. The molecule has 2 heterocycles. The number of esters is 1. The van der Waals surface area contributed by atoms with Crippen molar-refractivity contribution in [1.82, 2.24) is 9.97 Å². The first-order valence-corrected chi connectivity index (χ1v) is 12.0. The minimum absolute atomic E-state index is 0.170. The largest absolute Gasteiger partial charge is 0.424 e. The van der Waals surface area contributed by atoms with E-state index in [1.165, 1.54) is 0 Å². The van der Waals surface area contributed by atoms with Gasteiger partial charge in [-0.2, -0.15) is 0 Å². The molecule has 1 amide bonds. The van der Waals surface area contributed by atoms with Gasteiger partial charge in [0.05, 0.1) is 16.1 Å². The van der Waals surface area contributed by atoms with Gasteiger partial charge in [-0.05, 0) is 29.8 Å². The van der Waals surface area contributed by atoms with Crippen molar-refractivity contribution in [3.05, 3.63) is 94.2 Å². The summed E-state index contributed by atoms with van der Waals surface area (Å²) in [5.41, 5.74) is 1.60. The number of carbonyl (C=O) groups is 2. The van der Waals surface area contributed by atoms with E-state index < -0.39 is 12.0 Å². The fourth-order valence-corrected chi connectivity index (χ4v) is 4.30. The lowest BCUT2D eigenvalue weighted by atomic mass is 9.94. The van der Waals surface area contributed by atoms with Crippen molar-refractivity contribution in [3.8, 4) is 5.75 Å². The summed E-state index contributed by atoms with van der Waals surface area (Å²) in [6.07, 6.45) is 3.62. The molecule has 0 aliphatic heterocycles. The maximum Gasteiger partial charge on any atom is 0.310 e. The van der Waals surface area contributed by atoms with Crippen LogP contribution in [-0.2, 0) is 9.59 Å². The van der Waals surface area contributed by atoms with Crippen LogP contribution < -0.4 is 9.64 Å². The predicted octanol–water partition coefficient (Wildman–Crippen LogP) is 6.78. The number of aromatic nitrogens is 2. The Hall–Kier alpha value is -3.48. The van der Waals surface area contributed by atoms with E-state index in [0.717, 1.165) is 5.39 Å². The van der Waals surface area contributed by atoms with E-state index >= 15 is 0 Å². The van der Waals surface area contributed by atoms with E-state index in [1.807, 2.05) is 18.2 Å². The lowest BCUT2D eigenvalue weighted by Gasteiger charge is -2.33. The van der Waals surface area contributed by atoms with Crippen LogP contribution >= 0.6 is 23.2 Å². The quantitative estimate of drug-likeness (QED) is 0.203. The number of pyridine rings is 2. The van der Waals surface area contributed by atoms with Gasteiger partial charge in [0.1, 0.15) is 11.3 Å². The van der Waals surface area contributed by atoms with Crippen LogP contribution in [0.4, 0.5) is 5.82 Å². The SMILES string of the molecule is CCC(=O)Oc1c(C(c2cccc(Cl)c2Cl)N(C(=O)CC)c2ccccn2)ccc2cccnc12. The number of fused-ring (bicyclic) bond motifs is 1. The molecule has 0 saturated heterocycles. The molecule has 0 spiro atoms. The Balaban J connectivity index is 2.08. The van der Waals surface area contributed by atoms with Gasteiger partial charge in [0.15, 0.2) is 5.75 Å². The van der Waals surface area contributed by atoms with E-state index in [0.29, 0.717) is 27.5 Å². The monoisotopic (exact) mass is 507 g/mol. The highest BCUT2D eigenvalue weighted by molar-refractivity contribution is 6.42. The van der Waals surface area contributed by atoms with Crippen LogP contribution in [0.5, 0.6) is 5.75 Å². The summed E-state index contributed by atoms with van der Waals surface area (Å²) in [6, 6.07) is 17.1. The molecular formula is C27H23Cl2N3O3. The van der Waals surface area contributed by atoms with E-state index in [-0.39, 0.29) is 29.5 Å². The summed E-state index contributed by atoms with van der Waals surface area (Å²) in [5.74, 6) is 0.0697. The molecule has 0 saturated carbocycles. The van der Waals surface area contributed by atoms with Gasteiger partial charge in [0, 0.05) is 36.2 Å². The molecule has 1 atom stereocenters. The average Bonchev–Trinajstić information content (AvgIpc) is 2.89. The molecule has 35 heavy (non-hydrogen) atoms. The fraction of sp³-hybridized carbons (Fsp3) is 0.185. The zero-order valence-corrected chi connectivity index (χ0v) is 20.8. The molecule has 0 fully saturated rings. The standard InChI is InChI=1S/C27H23Cl2N3O3/c1-3-22(33)32(21-12-5-6-15-30-21)26(18-10-7-11-20(28)24(18)29)19-14-13-17-9-8-16-31-25(17)27(19)35-23(34)4-2/h5-16,26H,3-4H2,1-2H3. The zero-order chi connectivity index (χ0) is 24.9. The Kier molecular flexibility index (Phi) is 7.63. The summed E-state index contributed by atoms with van der Waals surface area (Å²) < 4.78 is 5.84. The van der Waals surface area contributed by atoms with E-state index in [9.17, 15) is 9.59 Å². The number of rotatable bonds is 7. The second-order valence-electron chi connectivity index (χ2n) is 7.74. The molecule has 8 heteroatoms. The van der Waals surface area contributed by atoms with Crippen molar-refractivity contribution in [2.75, 3.05) is 4.90 Å². The van der Waals surface area contributed by atoms with Gasteiger partial charge in [-0.3, -0.25) is 19.5 Å². The van der Waals surface area contributed by atoms with Gasteiger partial charge in [-0.1, -0.05) is 73.4 Å². The highest BCUT2D eigenvalue weighted by atomic mass is 35.5. The molecule has 2 aromatic heterocycles. The summed E-state index contributed by atoms with van der Waals surface area (Å²) in [5, 5.41) is 1.42. The highest BCUT2D eigenvalue weighted by Crippen LogP contribution is 2.44. The third kappa shape index (κ3) is 4.99. The van der Waals surface area contributed by atoms with Crippen molar-refractivity contribution in [1.29, 1.82) is 0 Å². The number of amides is 1. The number of carbonyl (C=O) groups excluding carboxylic acids is 2. The van der Waals surface area contributed by atoms with Crippen molar-refractivity contribution in [3.63, 3.8) is 0 Å². The molecule has 0 aliphatic rings. The van der Waals surface area contributed by atoms with Crippen molar-refractivity contribution in [2.24, 2.45) is 0 Å². The van der Waals surface area contributed by atoms with E-state index in [1.54, 1.807) is 73.6 Å². The van der Waals surface area contributed by atoms with E-state index in [4.69, 9.17) is 27.9 Å². The molecule has 1 unspecified atom stereocenters. The van der Waals surface area contributed by atoms with E-state index in [2.05, 4.69) is 9.97 Å². The van der Waals surface area contributed by atoms with Crippen molar-refractivity contribution in [2.45, 2.75) is 32.7 Å². The molecule has 0 radical (unpaired) electrons. The first-order valence-electron chi connectivity index (χ1n) is 11.2. The Bertz CT molecular complexity index is 1380. The smallest absolute Gasteiger partial charge is 0.310 e. The van der Waals surface area contributed by atoms with Crippen LogP contribution in [0.1, 0.15) is 43.9 Å². The van der Waals surface area contributed by atoms with Gasteiger partial charge < -0.3 is 4.74 Å². The lowest BCUT2D eigenvalue weighted by Crippen LogP contribution is -2.36. The summed E-state index contributed by atoms with van der Waals surface area (Å²) >= 11 is 13.1. The lowest BCUT2D eigenvalue weighted by molar-refractivity contribution is -0.134. The number of halogens is 2. The third-order valence-corrected chi connectivity index (χ3v) is 6.39. The molecule has 6 nitrogen and oxygen atoms in total. The molecule has 4 aromatic rings. The van der Waals surface area contributed by atoms with Crippen molar-refractivity contribution >= 4 is 51.8 Å². The molecule has 4 rings (SSSR count). The second kappa shape index (κ2) is 10.8. The minimum Gasteiger partial charge on any atom is -0.424 e. The summed E-state index contributed by atoms with van der Waals surface area (Å²) in [6.45, 7) is 3.49. The third-order valence-electron chi connectivity index (χ3n) is 5.56. The summed E-state index contributed by atoms with van der Waals surface area (Å²) in [7, 11) is 0. The van der Waals surface area contributed by atoms with Gasteiger partial charge in [0.2, 0.25) is 5.91 Å². The molecule has 178 valence electrons. The molecule has 2 aromatic carbocycles. The molecular weight excluding hydrogens is 485 g/mol. The first kappa shape index (κ1) is 24.6. The van der Waals surface area contributed by atoms with Gasteiger partial charge in [-0.25, -0.2) is 4.98 Å². The van der Waals surface area contributed by atoms with Crippen LogP contribution in [0.25, 0.3) is 10.9 Å². The number of nitrogens with zero attached hydrogens (tertiary/aromatic N) is 3. The first-order chi connectivity index (χ1) is 17.0. The predicted molar refractivity (Wildman–Crippen MR) is 138 cm³/mol. The molecule has 0 aliphatic carbocycles. The number of benzene rings is 2. The Morgan fingerprint density at radius 1 is 0.886 bits per heavy atom. The van der Waals surface area contributed by atoms with Crippen LogP contribution in [0.2, 0.25) is 10.0 Å². The Morgan fingerprint density at radius 3 is 2.40 bits per heavy atom. The minimum atomic E-state index is -0.797. The fourth-order valence-electron chi connectivity index (χ4n) is 3.89. The number of anilines is 1. The van der Waals surface area contributed by atoms with Crippen LogP contribution in [0.3, 0.4) is 0 Å². The number of hydrogen-bond donors (Lipinski definition) is 0. The molecule has 0 N–H and O–H groups in total. The van der Waals surface area contributed by atoms with Crippen LogP contribution in [0.15, 0.2) is 73.1 Å². The highest BCUT2D eigenvalue weighted by Gasteiger charge is 2.34. The summed E-state index contributed by atoms with van der Waals surface area (Å²) in [4.78, 5) is 36.4. The average molecular weight is 508 g/mol. The van der Waals surface area contributed by atoms with Gasteiger partial charge >= 0.3 is 5.97 Å². The maximum absolute atomic E-state index is 13.4. The molecule has 0 bridgehead atoms. The zero-order valence-electron chi connectivity index (χ0n) is 19.2. The van der Waals surface area contributed by atoms with Gasteiger partial charge in [0.25, 0.3) is 0 Å². The second-order valence-corrected chi connectivity index (χ2v) is 8.52. The van der Waals surface area contributed by atoms with Crippen molar-refractivity contribution < 1.29 is 14.3 Å². The van der Waals surface area contributed by atoms with Crippen LogP contribution in [0, 0.1) is 0 Å². The topological polar surface area (TPSA) is 72.4 Å². The van der Waals surface area contributed by atoms with Crippen LogP contribution in [-0.4, -0.2) is 21.8 Å². The maximum atomic E-state index is 13.4. The normalized spacial score (nSPS) is 11.8.